The van der Waals surface area contributed by atoms with Crippen molar-refractivity contribution in [2.45, 2.75) is 25.1 Å². The van der Waals surface area contributed by atoms with Gasteiger partial charge in [-0.2, -0.15) is 8.78 Å². The molecule has 2 heterocycles. The van der Waals surface area contributed by atoms with Crippen LogP contribution in [0.2, 0.25) is 0 Å². The first-order valence-corrected chi connectivity index (χ1v) is 7.04. The molecule has 1 spiro atoms. The summed E-state index contributed by atoms with van der Waals surface area (Å²) in [5.41, 5.74) is -3.14. The second-order valence-electron chi connectivity index (χ2n) is 5.91. The molecule has 0 radical (unpaired) electrons. The van der Waals surface area contributed by atoms with E-state index in [0.29, 0.717) is 17.9 Å². The van der Waals surface area contributed by atoms with Crippen molar-refractivity contribution in [2.75, 3.05) is 13.1 Å². The second-order valence-corrected chi connectivity index (χ2v) is 6.63. The fourth-order valence-electron chi connectivity index (χ4n) is 3.21. The average Bonchev–Trinajstić information content (AvgIpc) is 2.20. The van der Waals surface area contributed by atoms with Crippen LogP contribution in [0, 0.1) is 11.3 Å². The highest BCUT2D eigenvalue weighted by Crippen LogP contribution is 2.48. The highest BCUT2D eigenvalue weighted by Gasteiger charge is 2.48. The van der Waals surface area contributed by atoms with Gasteiger partial charge in [0.2, 0.25) is 0 Å². The van der Waals surface area contributed by atoms with Gasteiger partial charge < -0.3 is 9.88 Å². The van der Waals surface area contributed by atoms with E-state index in [4.69, 9.17) is 0 Å². The SMILES string of the molecule is O=c1cc(C(F)(F)P)ccn1CC1CC2(CNC2)C1. The minimum absolute atomic E-state index is 0.243. The molecule has 1 aromatic rings. The van der Waals surface area contributed by atoms with E-state index in [1.165, 1.54) is 21.5 Å². The minimum atomic E-state index is -3.03. The van der Waals surface area contributed by atoms with Gasteiger partial charge in [0.05, 0.1) is 0 Å². The van der Waals surface area contributed by atoms with Crippen LogP contribution in [0.3, 0.4) is 0 Å². The molecule has 1 atom stereocenters. The monoisotopic (exact) mass is 286 g/mol. The van der Waals surface area contributed by atoms with Crippen molar-refractivity contribution in [1.82, 2.24) is 9.88 Å². The van der Waals surface area contributed by atoms with Gasteiger partial charge in [-0.1, -0.05) is 9.24 Å². The summed E-state index contributed by atoms with van der Waals surface area (Å²) in [6.45, 7) is 2.80. The lowest BCUT2D eigenvalue weighted by molar-refractivity contribution is -0.00758. The zero-order valence-corrected chi connectivity index (χ0v) is 11.7. The Morgan fingerprint density at radius 2 is 2.16 bits per heavy atom. The molecule has 19 heavy (non-hydrogen) atoms. The molecule has 1 N–H and O–H groups in total. The summed E-state index contributed by atoms with van der Waals surface area (Å²) < 4.78 is 27.7. The van der Waals surface area contributed by atoms with Crippen molar-refractivity contribution < 1.29 is 8.78 Å². The van der Waals surface area contributed by atoms with Crippen molar-refractivity contribution in [1.29, 1.82) is 0 Å². The zero-order chi connectivity index (χ0) is 13.7. The van der Waals surface area contributed by atoms with Crippen molar-refractivity contribution in [2.24, 2.45) is 11.3 Å². The Bertz CT molecular complexity index is 540. The number of halogens is 2. The summed E-state index contributed by atoms with van der Waals surface area (Å²) in [5, 5.41) is 3.27. The second kappa shape index (κ2) is 4.35. The zero-order valence-electron chi connectivity index (χ0n) is 10.5. The number of nitrogens with one attached hydrogen (secondary N) is 1. The molecule has 0 amide bonds. The van der Waals surface area contributed by atoms with Gasteiger partial charge in [-0.15, -0.1) is 0 Å². The number of rotatable bonds is 3. The third-order valence-corrected chi connectivity index (χ3v) is 4.61. The first-order valence-electron chi connectivity index (χ1n) is 6.46. The van der Waals surface area contributed by atoms with Crippen LogP contribution >= 0.6 is 9.24 Å². The molecule has 1 saturated carbocycles. The van der Waals surface area contributed by atoms with E-state index in [1.807, 2.05) is 0 Å². The number of aromatic nitrogens is 1. The molecular weight excluding hydrogens is 269 g/mol. The maximum atomic E-state index is 13.1. The maximum absolute atomic E-state index is 13.1. The van der Waals surface area contributed by atoms with E-state index in [0.717, 1.165) is 32.0 Å². The van der Waals surface area contributed by atoms with Gasteiger partial charge in [-0.25, -0.2) is 0 Å². The van der Waals surface area contributed by atoms with Crippen molar-refractivity contribution >= 4 is 9.24 Å². The van der Waals surface area contributed by atoms with Gasteiger partial charge in [0.15, 0.2) is 0 Å². The molecule has 2 aliphatic rings. The van der Waals surface area contributed by atoms with Gasteiger partial charge in [0, 0.05) is 37.5 Å². The predicted octanol–water partition coefficient (Wildman–Crippen LogP) is 1.77. The van der Waals surface area contributed by atoms with Crippen LogP contribution in [0.5, 0.6) is 0 Å². The first kappa shape index (κ1) is 13.2. The Balaban J connectivity index is 1.67. The lowest BCUT2D eigenvalue weighted by atomic mass is 9.58. The summed E-state index contributed by atoms with van der Waals surface area (Å²) >= 11 is 0. The Morgan fingerprint density at radius 3 is 2.63 bits per heavy atom. The normalized spacial score (nSPS) is 22.1. The molecule has 1 aromatic heterocycles. The number of hydrogen-bond acceptors (Lipinski definition) is 2. The van der Waals surface area contributed by atoms with E-state index in [2.05, 4.69) is 5.32 Å². The van der Waals surface area contributed by atoms with Crippen LogP contribution in [0.15, 0.2) is 23.1 Å². The van der Waals surface area contributed by atoms with E-state index in [-0.39, 0.29) is 11.1 Å². The van der Waals surface area contributed by atoms with Gasteiger partial charge >= 0.3 is 0 Å². The molecule has 0 bridgehead atoms. The Labute approximate surface area is 112 Å². The smallest absolute Gasteiger partial charge is 0.284 e. The van der Waals surface area contributed by atoms with Crippen LogP contribution in [-0.4, -0.2) is 17.7 Å². The average molecular weight is 286 g/mol. The Kier molecular flexibility index (Phi) is 3.02. The molecule has 6 heteroatoms. The van der Waals surface area contributed by atoms with Crippen molar-refractivity contribution in [3.63, 3.8) is 0 Å². The molecule has 0 aromatic carbocycles. The van der Waals surface area contributed by atoms with Crippen LogP contribution in [-0.2, 0) is 12.2 Å². The lowest BCUT2D eigenvalue weighted by Gasteiger charge is -2.54. The van der Waals surface area contributed by atoms with Crippen LogP contribution in [0.25, 0.3) is 0 Å². The van der Waals surface area contributed by atoms with E-state index >= 15 is 0 Å². The summed E-state index contributed by atoms with van der Waals surface area (Å²) in [6.07, 6.45) is 3.75. The van der Waals surface area contributed by atoms with Crippen LogP contribution in [0.4, 0.5) is 8.78 Å². The maximum Gasteiger partial charge on any atom is 0.284 e. The molecule has 1 aliphatic carbocycles. The first-order chi connectivity index (χ1) is 8.88. The topological polar surface area (TPSA) is 34.0 Å². The molecule has 3 rings (SSSR count). The Morgan fingerprint density at radius 1 is 1.47 bits per heavy atom. The number of pyridine rings is 1. The molecule has 104 valence electrons. The standard InChI is InChI=1S/C13H17F2N2OP/c14-13(15,19)10-1-2-17(11(18)3-10)6-9-4-12(5-9)7-16-8-12/h1-3,9,16H,4-8,19H2. The Hall–Kier alpha value is -0.800. The van der Waals surface area contributed by atoms with Crippen molar-refractivity contribution in [3.8, 4) is 0 Å². The quantitative estimate of drug-likeness (QED) is 0.859. The third-order valence-electron chi connectivity index (χ3n) is 4.28. The molecular formula is C13H17F2N2OP. The van der Waals surface area contributed by atoms with Gasteiger partial charge in [-0.05, 0) is 30.2 Å². The van der Waals surface area contributed by atoms with Gasteiger partial charge in [0.1, 0.15) is 0 Å². The number of nitrogens with zero attached hydrogens (tertiary/aromatic N) is 1. The fraction of sp³-hybridized carbons (Fsp3) is 0.615. The summed E-state index contributed by atoms with van der Waals surface area (Å²) in [5.74, 6) is 0.502. The van der Waals surface area contributed by atoms with Gasteiger partial charge in [-0.3, -0.25) is 4.79 Å². The summed E-state index contributed by atoms with van der Waals surface area (Å²) in [7, 11) is 1.46. The van der Waals surface area contributed by atoms with E-state index in [1.54, 1.807) is 4.57 Å². The summed E-state index contributed by atoms with van der Waals surface area (Å²) in [6, 6.07) is 2.36. The molecule has 2 fully saturated rings. The molecule has 1 aliphatic heterocycles. The largest absolute Gasteiger partial charge is 0.316 e. The highest BCUT2D eigenvalue weighted by atomic mass is 31.0. The summed E-state index contributed by atoms with van der Waals surface area (Å²) in [4.78, 5) is 11.8. The van der Waals surface area contributed by atoms with Gasteiger partial charge in [0.25, 0.3) is 11.2 Å². The van der Waals surface area contributed by atoms with E-state index < -0.39 is 5.66 Å². The molecule has 3 nitrogen and oxygen atoms in total. The van der Waals surface area contributed by atoms with Crippen LogP contribution < -0.4 is 10.9 Å². The third kappa shape index (κ3) is 2.46. The van der Waals surface area contributed by atoms with Crippen LogP contribution in [0.1, 0.15) is 18.4 Å². The molecule has 1 unspecified atom stereocenters. The lowest BCUT2D eigenvalue weighted by Crippen LogP contribution is -2.60. The predicted molar refractivity (Wildman–Crippen MR) is 72.3 cm³/mol. The van der Waals surface area contributed by atoms with Crippen molar-refractivity contribution in [3.05, 3.63) is 34.2 Å². The fourth-order valence-corrected chi connectivity index (χ4v) is 3.38. The molecule has 1 saturated heterocycles. The highest BCUT2D eigenvalue weighted by molar-refractivity contribution is 7.17. The van der Waals surface area contributed by atoms with E-state index in [9.17, 15) is 13.6 Å². The number of hydrogen-bond donors (Lipinski definition) is 1. The minimum Gasteiger partial charge on any atom is -0.316 e. The number of alkyl halides is 2.